The lowest BCUT2D eigenvalue weighted by atomic mass is 10.2. The highest BCUT2D eigenvalue weighted by Gasteiger charge is 2.10. The average Bonchev–Trinajstić information content (AvgIpc) is 2.92. The van der Waals surface area contributed by atoms with Crippen molar-refractivity contribution in [3.8, 4) is 5.75 Å². The quantitative estimate of drug-likeness (QED) is 0.765. The smallest absolute Gasteiger partial charge is 0.273 e. The Hall–Kier alpha value is -2.37. The molecular formula is C13H16N4O2. The summed E-state index contributed by atoms with van der Waals surface area (Å²) in [6.07, 6.45) is 8.71. The summed E-state index contributed by atoms with van der Waals surface area (Å²) in [5.74, 6) is -0.445. The fraction of sp³-hybridized carbons (Fsp3) is 0.308. The van der Waals surface area contributed by atoms with Crippen LogP contribution in [0.15, 0.2) is 37.1 Å². The first-order valence-corrected chi connectivity index (χ1v) is 6.15. The van der Waals surface area contributed by atoms with Crippen LogP contribution in [-0.2, 0) is 6.54 Å². The van der Waals surface area contributed by atoms with Crippen molar-refractivity contribution in [2.24, 2.45) is 0 Å². The lowest BCUT2D eigenvalue weighted by molar-refractivity contribution is 0.0945. The minimum atomic E-state index is -0.347. The Morgan fingerprint density at radius 1 is 1.37 bits per heavy atom. The standard InChI is InChI=1S/C13H16N4O2/c18-11-4-3-6-15-12(11)13(19)16-5-1-2-8-17-9-7-14-10-17/h3-4,6-7,9-10,18H,1-2,5,8H2,(H,16,19). The van der Waals surface area contributed by atoms with Crippen molar-refractivity contribution < 1.29 is 9.90 Å². The number of rotatable bonds is 6. The Morgan fingerprint density at radius 3 is 3.00 bits per heavy atom. The highest BCUT2D eigenvalue weighted by atomic mass is 16.3. The van der Waals surface area contributed by atoms with Crippen LogP contribution < -0.4 is 5.32 Å². The predicted molar refractivity (Wildman–Crippen MR) is 69.7 cm³/mol. The first-order chi connectivity index (χ1) is 9.27. The van der Waals surface area contributed by atoms with Gasteiger partial charge >= 0.3 is 0 Å². The largest absolute Gasteiger partial charge is 0.505 e. The molecule has 0 atom stereocenters. The molecule has 0 spiro atoms. The SMILES string of the molecule is O=C(NCCCCn1ccnc1)c1ncccc1O. The van der Waals surface area contributed by atoms with Gasteiger partial charge in [0.05, 0.1) is 6.33 Å². The maximum atomic E-state index is 11.7. The van der Waals surface area contributed by atoms with Crippen LogP contribution in [0.3, 0.4) is 0 Å². The summed E-state index contributed by atoms with van der Waals surface area (Å²) in [7, 11) is 0. The number of unbranched alkanes of at least 4 members (excludes halogenated alkanes) is 1. The lowest BCUT2D eigenvalue weighted by Crippen LogP contribution is -2.25. The number of aromatic hydroxyl groups is 1. The van der Waals surface area contributed by atoms with Crippen LogP contribution in [0.4, 0.5) is 0 Å². The number of imidazole rings is 1. The summed E-state index contributed by atoms with van der Waals surface area (Å²) in [5, 5.41) is 12.2. The fourth-order valence-corrected chi connectivity index (χ4v) is 1.70. The Bertz CT molecular complexity index is 525. The predicted octanol–water partition coefficient (Wildman–Crippen LogP) is 1.19. The normalized spacial score (nSPS) is 10.3. The van der Waals surface area contributed by atoms with E-state index in [4.69, 9.17) is 0 Å². The van der Waals surface area contributed by atoms with Crippen molar-refractivity contribution in [1.82, 2.24) is 19.9 Å². The molecule has 0 aliphatic rings. The number of amides is 1. The van der Waals surface area contributed by atoms with Crippen molar-refractivity contribution >= 4 is 5.91 Å². The zero-order valence-corrected chi connectivity index (χ0v) is 10.5. The van der Waals surface area contributed by atoms with Gasteiger partial charge in [0, 0.05) is 31.7 Å². The Kier molecular flexibility index (Phi) is 4.49. The van der Waals surface area contributed by atoms with E-state index in [9.17, 15) is 9.90 Å². The van der Waals surface area contributed by atoms with Crippen LogP contribution in [0, 0.1) is 0 Å². The summed E-state index contributed by atoms with van der Waals surface area (Å²) in [4.78, 5) is 19.5. The minimum Gasteiger partial charge on any atom is -0.505 e. The van der Waals surface area contributed by atoms with Crippen LogP contribution >= 0.6 is 0 Å². The Labute approximate surface area is 111 Å². The number of nitrogens with one attached hydrogen (secondary N) is 1. The molecule has 0 bridgehead atoms. The second kappa shape index (κ2) is 6.53. The Morgan fingerprint density at radius 2 is 2.26 bits per heavy atom. The molecule has 6 heteroatoms. The molecule has 2 rings (SSSR count). The molecule has 2 aromatic rings. The molecule has 100 valence electrons. The van der Waals surface area contributed by atoms with Crippen LogP contribution in [-0.4, -0.2) is 32.1 Å². The summed E-state index contributed by atoms with van der Waals surface area (Å²) in [6, 6.07) is 3.03. The molecule has 0 aromatic carbocycles. The molecule has 0 saturated carbocycles. The van der Waals surface area contributed by atoms with Crippen molar-refractivity contribution in [3.63, 3.8) is 0 Å². The summed E-state index contributed by atoms with van der Waals surface area (Å²) in [5.41, 5.74) is 0.0668. The van der Waals surface area contributed by atoms with Crippen LogP contribution in [0.2, 0.25) is 0 Å². The molecule has 0 fully saturated rings. The molecule has 6 nitrogen and oxygen atoms in total. The van der Waals surface area contributed by atoms with Gasteiger partial charge in [0.25, 0.3) is 5.91 Å². The number of hydrogen-bond donors (Lipinski definition) is 2. The second-order valence-electron chi connectivity index (χ2n) is 4.13. The number of hydrogen-bond acceptors (Lipinski definition) is 4. The number of carbonyl (C=O) groups is 1. The van der Waals surface area contributed by atoms with E-state index in [1.54, 1.807) is 18.6 Å². The van der Waals surface area contributed by atoms with Gasteiger partial charge in [0.15, 0.2) is 5.69 Å². The third-order valence-corrected chi connectivity index (χ3v) is 2.69. The highest BCUT2D eigenvalue weighted by molar-refractivity contribution is 5.94. The Balaban J connectivity index is 1.68. The maximum absolute atomic E-state index is 11.7. The van der Waals surface area contributed by atoms with Gasteiger partial charge in [0.1, 0.15) is 5.75 Å². The molecule has 2 aromatic heterocycles. The molecule has 0 aliphatic carbocycles. The zero-order chi connectivity index (χ0) is 13.5. The molecule has 19 heavy (non-hydrogen) atoms. The first kappa shape index (κ1) is 13.1. The molecule has 0 aliphatic heterocycles. The van der Waals surface area contributed by atoms with Crippen LogP contribution in [0.5, 0.6) is 5.75 Å². The van der Waals surface area contributed by atoms with E-state index < -0.39 is 0 Å². The molecule has 0 unspecified atom stereocenters. The van der Waals surface area contributed by atoms with E-state index >= 15 is 0 Å². The summed E-state index contributed by atoms with van der Waals surface area (Å²) >= 11 is 0. The van der Waals surface area contributed by atoms with Gasteiger partial charge in [-0.05, 0) is 25.0 Å². The monoisotopic (exact) mass is 260 g/mol. The summed E-state index contributed by atoms with van der Waals surface area (Å²) < 4.78 is 1.99. The summed E-state index contributed by atoms with van der Waals surface area (Å²) in [6.45, 7) is 1.44. The lowest BCUT2D eigenvalue weighted by Gasteiger charge is -2.06. The van der Waals surface area contributed by atoms with E-state index in [0.29, 0.717) is 6.54 Å². The van der Waals surface area contributed by atoms with Gasteiger partial charge in [-0.2, -0.15) is 0 Å². The van der Waals surface area contributed by atoms with E-state index in [2.05, 4.69) is 15.3 Å². The molecule has 0 saturated heterocycles. The van der Waals surface area contributed by atoms with E-state index in [1.165, 1.54) is 12.3 Å². The number of aromatic nitrogens is 3. The van der Waals surface area contributed by atoms with Gasteiger partial charge in [-0.25, -0.2) is 9.97 Å². The topological polar surface area (TPSA) is 80.0 Å². The van der Waals surface area contributed by atoms with E-state index in [0.717, 1.165) is 19.4 Å². The molecule has 2 N–H and O–H groups in total. The molecular weight excluding hydrogens is 244 g/mol. The first-order valence-electron chi connectivity index (χ1n) is 6.15. The van der Waals surface area contributed by atoms with Crippen molar-refractivity contribution in [1.29, 1.82) is 0 Å². The highest BCUT2D eigenvalue weighted by Crippen LogP contribution is 2.11. The van der Waals surface area contributed by atoms with Gasteiger partial charge in [0.2, 0.25) is 0 Å². The van der Waals surface area contributed by atoms with Gasteiger partial charge in [-0.3, -0.25) is 4.79 Å². The van der Waals surface area contributed by atoms with Crippen LogP contribution in [0.25, 0.3) is 0 Å². The van der Waals surface area contributed by atoms with E-state index in [-0.39, 0.29) is 17.4 Å². The van der Waals surface area contributed by atoms with Crippen molar-refractivity contribution in [2.75, 3.05) is 6.54 Å². The average molecular weight is 260 g/mol. The van der Waals surface area contributed by atoms with Crippen molar-refractivity contribution in [2.45, 2.75) is 19.4 Å². The van der Waals surface area contributed by atoms with E-state index in [1.807, 2.05) is 10.8 Å². The zero-order valence-electron chi connectivity index (χ0n) is 10.5. The second-order valence-corrected chi connectivity index (χ2v) is 4.13. The fourth-order valence-electron chi connectivity index (χ4n) is 1.70. The number of carbonyl (C=O) groups excluding carboxylic acids is 1. The third kappa shape index (κ3) is 3.80. The van der Waals surface area contributed by atoms with Gasteiger partial charge in [-0.1, -0.05) is 0 Å². The third-order valence-electron chi connectivity index (χ3n) is 2.69. The van der Waals surface area contributed by atoms with Crippen LogP contribution in [0.1, 0.15) is 23.3 Å². The molecule has 1 amide bonds. The maximum Gasteiger partial charge on any atom is 0.273 e. The van der Waals surface area contributed by atoms with Crippen molar-refractivity contribution in [3.05, 3.63) is 42.7 Å². The number of nitrogens with zero attached hydrogens (tertiary/aromatic N) is 3. The number of aryl methyl sites for hydroxylation is 1. The van der Waals surface area contributed by atoms with Gasteiger partial charge in [-0.15, -0.1) is 0 Å². The number of pyridine rings is 1. The van der Waals surface area contributed by atoms with Gasteiger partial charge < -0.3 is 15.0 Å². The minimum absolute atomic E-state index is 0.0668. The molecule has 2 heterocycles. The molecule has 0 radical (unpaired) electrons.